The molecule has 1 fully saturated rings. The minimum atomic E-state index is -3.24. The first-order chi connectivity index (χ1) is 13.1. The van der Waals surface area contributed by atoms with E-state index in [1.54, 1.807) is 24.3 Å². The Bertz CT molecular complexity index is 665. The van der Waals surface area contributed by atoms with Crippen LogP contribution in [0.25, 0.3) is 0 Å². The molecular weight excluding hydrogens is 493 g/mol. The number of nitrogens with one attached hydrogen (secondary N) is 2. The van der Waals surface area contributed by atoms with E-state index >= 15 is 0 Å². The van der Waals surface area contributed by atoms with Crippen LogP contribution in [0.1, 0.15) is 26.2 Å². The largest absolute Gasteiger partial charge is 0.379 e. The van der Waals surface area contributed by atoms with Crippen molar-refractivity contribution in [2.45, 2.75) is 37.2 Å². The molecule has 0 spiro atoms. The van der Waals surface area contributed by atoms with Crippen molar-refractivity contribution >= 4 is 39.8 Å². The molecule has 9 heteroatoms. The highest BCUT2D eigenvalue weighted by molar-refractivity contribution is 14.0. The van der Waals surface area contributed by atoms with Gasteiger partial charge in [-0.3, -0.25) is 4.99 Å². The Labute approximate surface area is 185 Å². The average Bonchev–Trinajstić information content (AvgIpc) is 3.19. The van der Waals surface area contributed by atoms with E-state index in [9.17, 15) is 8.42 Å². The SMILES string of the molecule is CCNC(=NCCCS(=O)(=O)c1ccccc1)NCCCOC1CCOC1.I. The summed E-state index contributed by atoms with van der Waals surface area (Å²) >= 11 is 0. The molecule has 1 aromatic carbocycles. The zero-order valence-electron chi connectivity index (χ0n) is 16.4. The van der Waals surface area contributed by atoms with E-state index in [2.05, 4.69) is 15.6 Å². The van der Waals surface area contributed by atoms with E-state index in [0.717, 1.165) is 32.5 Å². The van der Waals surface area contributed by atoms with Crippen molar-refractivity contribution in [2.24, 2.45) is 4.99 Å². The molecule has 1 atom stereocenters. The molecule has 1 heterocycles. The Hall–Kier alpha value is -0.910. The monoisotopic (exact) mass is 525 g/mol. The van der Waals surface area contributed by atoms with Gasteiger partial charge < -0.3 is 20.1 Å². The van der Waals surface area contributed by atoms with Crippen molar-refractivity contribution in [3.05, 3.63) is 30.3 Å². The van der Waals surface area contributed by atoms with E-state index in [0.29, 0.717) is 37.0 Å². The second-order valence-corrected chi connectivity index (χ2v) is 8.49. The smallest absolute Gasteiger partial charge is 0.191 e. The van der Waals surface area contributed by atoms with Crippen molar-refractivity contribution in [3.8, 4) is 0 Å². The predicted molar refractivity (Wildman–Crippen MR) is 122 cm³/mol. The first-order valence-corrected chi connectivity index (χ1v) is 11.3. The van der Waals surface area contributed by atoms with E-state index in [1.807, 2.05) is 13.0 Å². The summed E-state index contributed by atoms with van der Waals surface area (Å²) in [6.45, 7) is 6.14. The summed E-state index contributed by atoms with van der Waals surface area (Å²) in [7, 11) is -3.24. The lowest BCUT2D eigenvalue weighted by Gasteiger charge is -2.13. The van der Waals surface area contributed by atoms with Crippen molar-refractivity contribution in [1.82, 2.24) is 10.6 Å². The van der Waals surface area contributed by atoms with Gasteiger partial charge in [0.15, 0.2) is 15.8 Å². The molecule has 160 valence electrons. The van der Waals surface area contributed by atoms with Gasteiger partial charge in [0.1, 0.15) is 0 Å². The topological polar surface area (TPSA) is 89.0 Å². The Kier molecular flexibility index (Phi) is 12.7. The number of halogens is 1. The molecule has 1 aliphatic rings. The van der Waals surface area contributed by atoms with Crippen LogP contribution in [0.5, 0.6) is 0 Å². The van der Waals surface area contributed by atoms with Crippen LogP contribution in [-0.4, -0.2) is 65.7 Å². The fourth-order valence-electron chi connectivity index (χ4n) is 2.71. The second kappa shape index (κ2) is 14.1. The molecule has 0 saturated carbocycles. The Morgan fingerprint density at radius 1 is 1.25 bits per heavy atom. The molecule has 1 unspecified atom stereocenters. The third-order valence-corrected chi connectivity index (χ3v) is 5.96. The lowest BCUT2D eigenvalue weighted by molar-refractivity contribution is 0.0420. The minimum Gasteiger partial charge on any atom is -0.379 e. The molecule has 1 aromatic rings. The lowest BCUT2D eigenvalue weighted by Crippen LogP contribution is -2.38. The van der Waals surface area contributed by atoms with Crippen molar-refractivity contribution in [1.29, 1.82) is 0 Å². The molecular formula is C19H32IN3O4S. The minimum absolute atomic E-state index is 0. The van der Waals surface area contributed by atoms with Crippen LogP contribution in [0.15, 0.2) is 40.2 Å². The lowest BCUT2D eigenvalue weighted by atomic mass is 10.3. The molecule has 1 aliphatic heterocycles. The normalized spacial score (nSPS) is 17.2. The van der Waals surface area contributed by atoms with Crippen LogP contribution >= 0.6 is 24.0 Å². The van der Waals surface area contributed by atoms with E-state index in [1.165, 1.54) is 0 Å². The van der Waals surface area contributed by atoms with Gasteiger partial charge in [-0.1, -0.05) is 18.2 Å². The molecule has 2 rings (SSSR count). The number of hydrogen-bond donors (Lipinski definition) is 2. The third kappa shape index (κ3) is 9.53. The van der Waals surface area contributed by atoms with Crippen molar-refractivity contribution in [3.63, 3.8) is 0 Å². The average molecular weight is 525 g/mol. The summed E-state index contributed by atoms with van der Waals surface area (Å²) in [6.07, 6.45) is 2.57. The van der Waals surface area contributed by atoms with Gasteiger partial charge in [-0.15, -0.1) is 24.0 Å². The maximum atomic E-state index is 12.3. The van der Waals surface area contributed by atoms with Crippen LogP contribution in [0, 0.1) is 0 Å². The van der Waals surface area contributed by atoms with Gasteiger partial charge in [0, 0.05) is 32.8 Å². The van der Waals surface area contributed by atoms with Crippen LogP contribution in [0.2, 0.25) is 0 Å². The zero-order chi connectivity index (χ0) is 19.4. The summed E-state index contributed by atoms with van der Waals surface area (Å²) in [5.74, 6) is 0.802. The number of sulfone groups is 1. The number of aliphatic imine (C=N–C) groups is 1. The van der Waals surface area contributed by atoms with Crippen LogP contribution in [0.4, 0.5) is 0 Å². The fourth-order valence-corrected chi connectivity index (χ4v) is 4.02. The Morgan fingerprint density at radius 3 is 2.71 bits per heavy atom. The summed E-state index contributed by atoms with van der Waals surface area (Å²) in [5.41, 5.74) is 0. The first-order valence-electron chi connectivity index (χ1n) is 9.61. The van der Waals surface area contributed by atoms with Crippen molar-refractivity contribution in [2.75, 3.05) is 45.2 Å². The highest BCUT2D eigenvalue weighted by Gasteiger charge is 2.15. The zero-order valence-corrected chi connectivity index (χ0v) is 19.6. The maximum absolute atomic E-state index is 12.3. The predicted octanol–water partition coefficient (Wildman–Crippen LogP) is 2.22. The van der Waals surface area contributed by atoms with E-state index in [4.69, 9.17) is 9.47 Å². The number of nitrogens with zero attached hydrogens (tertiary/aromatic N) is 1. The van der Waals surface area contributed by atoms with E-state index < -0.39 is 9.84 Å². The molecule has 0 aromatic heterocycles. The summed E-state index contributed by atoms with van der Waals surface area (Å²) in [6, 6.07) is 8.54. The number of ether oxygens (including phenoxy) is 2. The summed E-state index contributed by atoms with van der Waals surface area (Å²) < 4.78 is 35.5. The Morgan fingerprint density at radius 2 is 2.04 bits per heavy atom. The number of hydrogen-bond acceptors (Lipinski definition) is 5. The van der Waals surface area contributed by atoms with Crippen LogP contribution in [-0.2, 0) is 19.3 Å². The van der Waals surface area contributed by atoms with E-state index in [-0.39, 0.29) is 35.8 Å². The van der Waals surface area contributed by atoms with Gasteiger partial charge in [-0.2, -0.15) is 0 Å². The van der Waals surface area contributed by atoms with Gasteiger partial charge in [-0.25, -0.2) is 8.42 Å². The van der Waals surface area contributed by atoms with Crippen molar-refractivity contribution < 1.29 is 17.9 Å². The number of rotatable bonds is 11. The molecule has 0 aliphatic carbocycles. The molecule has 28 heavy (non-hydrogen) atoms. The highest BCUT2D eigenvalue weighted by Crippen LogP contribution is 2.11. The van der Waals surface area contributed by atoms with Gasteiger partial charge in [0.2, 0.25) is 0 Å². The quantitative estimate of drug-likeness (QED) is 0.199. The molecule has 2 N–H and O–H groups in total. The molecule has 0 radical (unpaired) electrons. The third-order valence-electron chi connectivity index (χ3n) is 4.14. The fraction of sp³-hybridized carbons (Fsp3) is 0.632. The van der Waals surface area contributed by atoms with Gasteiger partial charge in [-0.05, 0) is 38.3 Å². The number of guanidine groups is 1. The second-order valence-electron chi connectivity index (χ2n) is 6.38. The van der Waals surface area contributed by atoms with Gasteiger partial charge >= 0.3 is 0 Å². The molecule has 7 nitrogen and oxygen atoms in total. The Balaban J connectivity index is 0.00000392. The van der Waals surface area contributed by atoms with Gasteiger partial charge in [0.25, 0.3) is 0 Å². The van der Waals surface area contributed by atoms with Gasteiger partial charge in [0.05, 0.1) is 23.4 Å². The number of benzene rings is 1. The summed E-state index contributed by atoms with van der Waals surface area (Å²) in [5, 5.41) is 6.43. The highest BCUT2D eigenvalue weighted by atomic mass is 127. The summed E-state index contributed by atoms with van der Waals surface area (Å²) in [4.78, 5) is 4.82. The van der Waals surface area contributed by atoms with Crippen LogP contribution in [0.3, 0.4) is 0 Å². The molecule has 0 bridgehead atoms. The molecule has 0 amide bonds. The van der Waals surface area contributed by atoms with Crippen LogP contribution < -0.4 is 10.6 Å². The maximum Gasteiger partial charge on any atom is 0.191 e. The first kappa shape index (κ1) is 25.1. The standard InChI is InChI=1S/C19H31N3O4S.HI/c1-2-20-19(21-11-6-13-26-17-10-14-25-16-17)22-12-7-15-27(23,24)18-8-4-3-5-9-18;/h3-5,8-9,17H,2,6-7,10-16H2,1H3,(H2,20,21,22);1H. The molecule has 1 saturated heterocycles.